The van der Waals surface area contributed by atoms with E-state index in [0.29, 0.717) is 5.95 Å². The number of benzene rings is 1. The van der Waals surface area contributed by atoms with Crippen LogP contribution in [0.15, 0.2) is 24.5 Å². The van der Waals surface area contributed by atoms with Crippen LogP contribution in [0.5, 0.6) is 0 Å². The van der Waals surface area contributed by atoms with Gasteiger partial charge < -0.3 is 14.9 Å². The monoisotopic (exact) mass is 256 g/mol. The maximum Gasteiger partial charge on any atom is 0.201 e. The number of aryl methyl sites for hydroxylation is 4. The van der Waals surface area contributed by atoms with Crippen LogP contribution in [0.2, 0.25) is 0 Å². The molecule has 98 valence electrons. The predicted molar refractivity (Wildman–Crippen MR) is 73.6 cm³/mol. The zero-order valence-corrected chi connectivity index (χ0v) is 11.0. The molecule has 3 aromatic rings. The highest BCUT2D eigenvalue weighted by atomic mass is 15.2. The summed E-state index contributed by atoms with van der Waals surface area (Å²) >= 11 is 0. The second kappa shape index (κ2) is 4.38. The molecular weight excluding hydrogens is 240 g/mol. The summed E-state index contributed by atoms with van der Waals surface area (Å²) in [6.45, 7) is 2.81. The van der Waals surface area contributed by atoms with E-state index in [-0.39, 0.29) is 0 Å². The smallest absolute Gasteiger partial charge is 0.201 e. The Morgan fingerprint density at radius 2 is 2.16 bits per heavy atom. The Morgan fingerprint density at radius 1 is 1.32 bits per heavy atom. The van der Waals surface area contributed by atoms with Crippen molar-refractivity contribution >= 4 is 17.0 Å². The average molecular weight is 256 g/mol. The lowest BCUT2D eigenvalue weighted by molar-refractivity contribution is 0.668. The number of hydrogen-bond acceptors (Lipinski definition) is 4. The third-order valence-corrected chi connectivity index (χ3v) is 3.30. The fourth-order valence-electron chi connectivity index (χ4n) is 2.23. The van der Waals surface area contributed by atoms with Gasteiger partial charge in [0, 0.05) is 20.0 Å². The van der Waals surface area contributed by atoms with E-state index in [2.05, 4.69) is 28.2 Å². The summed E-state index contributed by atoms with van der Waals surface area (Å²) in [5.74, 6) is 1.48. The van der Waals surface area contributed by atoms with Crippen LogP contribution >= 0.6 is 0 Å². The predicted octanol–water partition coefficient (Wildman–Crippen LogP) is 1.30. The number of imidazole rings is 1. The van der Waals surface area contributed by atoms with Gasteiger partial charge in [0.2, 0.25) is 5.95 Å². The van der Waals surface area contributed by atoms with Crippen molar-refractivity contribution in [3.05, 3.63) is 35.9 Å². The molecule has 19 heavy (non-hydrogen) atoms. The Morgan fingerprint density at radius 3 is 2.89 bits per heavy atom. The maximum absolute atomic E-state index is 5.99. The molecule has 0 fully saturated rings. The van der Waals surface area contributed by atoms with Crippen LogP contribution in [0.4, 0.5) is 5.95 Å². The molecule has 0 atom stereocenters. The molecule has 2 N–H and O–H groups in total. The van der Waals surface area contributed by atoms with Gasteiger partial charge in [-0.05, 0) is 24.6 Å². The van der Waals surface area contributed by atoms with Gasteiger partial charge in [-0.1, -0.05) is 6.07 Å². The second-order valence-electron chi connectivity index (χ2n) is 4.72. The third-order valence-electron chi connectivity index (χ3n) is 3.30. The van der Waals surface area contributed by atoms with Gasteiger partial charge in [-0.25, -0.2) is 4.98 Å². The van der Waals surface area contributed by atoms with Crippen molar-refractivity contribution in [1.82, 2.24) is 24.3 Å². The van der Waals surface area contributed by atoms with Crippen LogP contribution in [0.1, 0.15) is 11.4 Å². The normalized spacial score (nSPS) is 11.3. The Hall–Kier alpha value is -2.37. The molecule has 0 spiro atoms. The minimum absolute atomic E-state index is 0.544. The summed E-state index contributed by atoms with van der Waals surface area (Å²) in [4.78, 5) is 4.37. The van der Waals surface area contributed by atoms with Gasteiger partial charge in [0.05, 0.1) is 11.0 Å². The third kappa shape index (κ3) is 2.05. The first-order chi connectivity index (χ1) is 9.15. The molecule has 1 aromatic carbocycles. The number of fused-ring (bicyclic) bond motifs is 1. The van der Waals surface area contributed by atoms with Gasteiger partial charge in [-0.2, -0.15) is 0 Å². The highest BCUT2D eigenvalue weighted by molar-refractivity contribution is 5.79. The first-order valence-electron chi connectivity index (χ1n) is 6.20. The molecule has 0 saturated carbocycles. The van der Waals surface area contributed by atoms with Gasteiger partial charge in [-0.3, -0.25) is 0 Å². The average Bonchev–Trinajstić information content (AvgIpc) is 2.90. The zero-order valence-electron chi connectivity index (χ0n) is 11.0. The van der Waals surface area contributed by atoms with E-state index in [9.17, 15) is 0 Å². The fourth-order valence-corrected chi connectivity index (χ4v) is 2.23. The van der Waals surface area contributed by atoms with E-state index >= 15 is 0 Å². The number of hydrogen-bond donors (Lipinski definition) is 1. The highest BCUT2D eigenvalue weighted by Crippen LogP contribution is 2.19. The molecule has 0 aliphatic carbocycles. The summed E-state index contributed by atoms with van der Waals surface area (Å²) in [6.07, 6.45) is 2.48. The number of nitrogens with zero attached hydrogens (tertiary/aromatic N) is 5. The second-order valence-corrected chi connectivity index (χ2v) is 4.72. The molecule has 2 heterocycles. The number of nitrogens with two attached hydrogens (primary N) is 1. The Balaban J connectivity index is 1.94. The van der Waals surface area contributed by atoms with Crippen LogP contribution in [0.25, 0.3) is 11.0 Å². The van der Waals surface area contributed by atoms with Crippen LogP contribution in [-0.4, -0.2) is 24.3 Å². The van der Waals surface area contributed by atoms with Gasteiger partial charge in [0.15, 0.2) is 0 Å². The van der Waals surface area contributed by atoms with E-state index in [0.717, 1.165) is 29.8 Å². The molecule has 2 aromatic heterocycles. The van der Waals surface area contributed by atoms with E-state index < -0.39 is 0 Å². The maximum atomic E-state index is 5.99. The van der Waals surface area contributed by atoms with Crippen molar-refractivity contribution in [2.75, 3.05) is 5.73 Å². The topological polar surface area (TPSA) is 74.6 Å². The van der Waals surface area contributed by atoms with Crippen LogP contribution in [0.3, 0.4) is 0 Å². The Labute approximate surface area is 110 Å². The molecule has 0 aliphatic rings. The number of aromatic nitrogens is 5. The minimum atomic E-state index is 0.544. The molecule has 0 bridgehead atoms. The molecule has 0 aliphatic heterocycles. The van der Waals surface area contributed by atoms with Crippen molar-refractivity contribution in [2.45, 2.75) is 19.9 Å². The van der Waals surface area contributed by atoms with Crippen molar-refractivity contribution in [2.24, 2.45) is 7.05 Å². The number of anilines is 1. The van der Waals surface area contributed by atoms with Gasteiger partial charge in [0.25, 0.3) is 0 Å². The standard InChI is InChI=1S/C13H16N6/c1-9-3-4-10-11(7-9)19(13(14)16-10)6-5-12-17-15-8-18(12)2/h3-4,7-8H,5-6H2,1-2H3,(H2,14,16). The lowest BCUT2D eigenvalue weighted by atomic mass is 10.2. The Kier molecular flexibility index (Phi) is 2.70. The molecule has 6 heteroatoms. The molecular formula is C13H16N6. The largest absolute Gasteiger partial charge is 0.369 e. The van der Waals surface area contributed by atoms with Crippen molar-refractivity contribution < 1.29 is 0 Å². The molecule has 0 unspecified atom stereocenters. The summed E-state index contributed by atoms with van der Waals surface area (Å²) in [5.41, 5.74) is 9.19. The summed E-state index contributed by atoms with van der Waals surface area (Å²) < 4.78 is 3.94. The van der Waals surface area contributed by atoms with E-state index in [1.165, 1.54) is 5.56 Å². The Bertz CT molecular complexity index is 724. The SMILES string of the molecule is Cc1ccc2nc(N)n(CCc3nncn3C)c2c1. The molecule has 0 saturated heterocycles. The summed E-state index contributed by atoms with van der Waals surface area (Å²) in [6, 6.07) is 6.15. The van der Waals surface area contributed by atoms with E-state index in [1.54, 1.807) is 6.33 Å². The molecule has 0 amide bonds. The highest BCUT2D eigenvalue weighted by Gasteiger charge is 2.09. The molecule has 3 rings (SSSR count). The van der Waals surface area contributed by atoms with Gasteiger partial charge in [0.1, 0.15) is 12.2 Å². The first-order valence-corrected chi connectivity index (χ1v) is 6.20. The quantitative estimate of drug-likeness (QED) is 0.766. The number of nitrogen functional groups attached to an aromatic ring is 1. The zero-order chi connectivity index (χ0) is 13.4. The molecule has 0 radical (unpaired) electrons. The van der Waals surface area contributed by atoms with Crippen molar-refractivity contribution in [1.29, 1.82) is 0 Å². The van der Waals surface area contributed by atoms with Crippen molar-refractivity contribution in [3.63, 3.8) is 0 Å². The van der Waals surface area contributed by atoms with E-state index in [4.69, 9.17) is 5.73 Å². The van der Waals surface area contributed by atoms with Gasteiger partial charge in [-0.15, -0.1) is 10.2 Å². The first kappa shape index (κ1) is 11.7. The number of rotatable bonds is 3. The summed E-state index contributed by atoms with van der Waals surface area (Å²) in [7, 11) is 1.94. The van der Waals surface area contributed by atoms with E-state index in [1.807, 2.05) is 28.3 Å². The lowest BCUT2D eigenvalue weighted by Crippen LogP contribution is -2.08. The van der Waals surface area contributed by atoms with Crippen LogP contribution in [0, 0.1) is 6.92 Å². The van der Waals surface area contributed by atoms with Crippen molar-refractivity contribution in [3.8, 4) is 0 Å². The van der Waals surface area contributed by atoms with Crippen LogP contribution < -0.4 is 5.73 Å². The van der Waals surface area contributed by atoms with Crippen LogP contribution in [-0.2, 0) is 20.0 Å². The molecule has 6 nitrogen and oxygen atoms in total. The minimum Gasteiger partial charge on any atom is -0.369 e. The lowest BCUT2D eigenvalue weighted by Gasteiger charge is -2.06. The fraction of sp³-hybridized carbons (Fsp3) is 0.308. The summed E-state index contributed by atoms with van der Waals surface area (Å²) in [5, 5.41) is 7.96. The van der Waals surface area contributed by atoms with Gasteiger partial charge >= 0.3 is 0 Å².